The summed E-state index contributed by atoms with van der Waals surface area (Å²) in [6, 6.07) is 2.35. The number of anilines is 1. The molecule has 0 aliphatic carbocycles. The molecule has 0 bridgehead atoms. The van der Waals surface area contributed by atoms with Gasteiger partial charge in [-0.1, -0.05) is 0 Å². The van der Waals surface area contributed by atoms with Gasteiger partial charge >= 0.3 is 12.3 Å². The van der Waals surface area contributed by atoms with Crippen LogP contribution in [0.4, 0.5) is 23.7 Å². The minimum absolute atomic E-state index is 0.0647. The highest BCUT2D eigenvalue weighted by Gasteiger charge is 2.36. The molecular weight excluding hydrogens is 629 g/mol. The Morgan fingerprint density at radius 3 is 2.50 bits per heavy atom. The summed E-state index contributed by atoms with van der Waals surface area (Å²) in [6.45, 7) is 9.36. The van der Waals surface area contributed by atoms with E-state index in [0.29, 0.717) is 28.6 Å². The number of alkyl halides is 3. The van der Waals surface area contributed by atoms with Gasteiger partial charge < -0.3 is 29.3 Å². The van der Waals surface area contributed by atoms with Gasteiger partial charge in [-0.25, -0.2) is 19.7 Å². The van der Waals surface area contributed by atoms with Crippen molar-refractivity contribution in [1.82, 2.24) is 25.2 Å². The van der Waals surface area contributed by atoms with Crippen LogP contribution in [0.1, 0.15) is 60.4 Å². The Balaban J connectivity index is 1.43. The van der Waals surface area contributed by atoms with Crippen LogP contribution in [0.3, 0.4) is 0 Å². The number of nitrogens with zero attached hydrogens (tertiary/aromatic N) is 5. The van der Waals surface area contributed by atoms with E-state index in [1.54, 1.807) is 40.0 Å². The van der Waals surface area contributed by atoms with Crippen molar-refractivity contribution in [3.05, 3.63) is 52.6 Å². The van der Waals surface area contributed by atoms with E-state index in [1.165, 1.54) is 27.2 Å². The number of hydrogen-bond acceptors (Lipinski definition) is 10. The van der Waals surface area contributed by atoms with E-state index >= 15 is 0 Å². The molecule has 1 aromatic carbocycles. The molecule has 46 heavy (non-hydrogen) atoms. The maximum absolute atomic E-state index is 13.6. The summed E-state index contributed by atoms with van der Waals surface area (Å²) in [5.41, 5.74) is 0.547. The maximum Gasteiger partial charge on any atom is 0.451 e. The highest BCUT2D eigenvalue weighted by Crippen LogP contribution is 2.43. The van der Waals surface area contributed by atoms with Crippen molar-refractivity contribution >= 4 is 34.9 Å². The Kier molecular flexibility index (Phi) is 9.22. The van der Waals surface area contributed by atoms with E-state index < -0.39 is 41.7 Å². The SMILES string of the molecule is Cc1cnc(-c2cc(C(=O)N[C@H](C)c3cnc(C(F)(F)F)nc3)cc3c2OCC(=O)N3CC2CN(C(=O)OC(C)(C)C)CCO2)s1. The molecule has 16 heteroatoms. The first-order valence-electron chi connectivity index (χ1n) is 14.4. The van der Waals surface area contributed by atoms with Crippen LogP contribution in [0.2, 0.25) is 0 Å². The quantitative estimate of drug-likeness (QED) is 0.396. The van der Waals surface area contributed by atoms with E-state index in [9.17, 15) is 27.6 Å². The number of hydrogen-bond donors (Lipinski definition) is 1. The molecule has 2 aromatic heterocycles. The van der Waals surface area contributed by atoms with Crippen LogP contribution in [-0.2, 0) is 20.4 Å². The third kappa shape index (κ3) is 7.55. The van der Waals surface area contributed by atoms with Crippen LogP contribution in [0.25, 0.3) is 10.6 Å². The molecule has 1 unspecified atom stereocenters. The third-order valence-corrected chi connectivity index (χ3v) is 8.01. The van der Waals surface area contributed by atoms with Gasteiger partial charge in [-0.2, -0.15) is 13.2 Å². The fourth-order valence-electron chi connectivity index (χ4n) is 4.88. The Bertz CT molecular complexity index is 1620. The molecular formula is C30H33F3N6O6S. The number of morpholine rings is 1. The first kappa shape index (κ1) is 33.1. The maximum atomic E-state index is 13.6. The zero-order valence-corrected chi connectivity index (χ0v) is 26.6. The number of fused-ring (bicyclic) bond motifs is 1. The Hall–Kier alpha value is -4.31. The molecule has 246 valence electrons. The number of aryl methyl sites for hydroxylation is 1. The van der Waals surface area contributed by atoms with E-state index in [0.717, 1.165) is 17.3 Å². The van der Waals surface area contributed by atoms with E-state index in [4.69, 9.17) is 14.2 Å². The smallest absolute Gasteiger partial charge is 0.451 e. The number of halogens is 3. The second-order valence-electron chi connectivity index (χ2n) is 11.9. The van der Waals surface area contributed by atoms with Gasteiger partial charge in [-0.15, -0.1) is 11.3 Å². The first-order valence-corrected chi connectivity index (χ1v) is 15.2. The van der Waals surface area contributed by atoms with Crippen molar-refractivity contribution in [2.45, 2.75) is 58.5 Å². The molecule has 1 fully saturated rings. The summed E-state index contributed by atoms with van der Waals surface area (Å²) in [4.78, 5) is 54.7. The number of carbonyl (C=O) groups is 3. The van der Waals surface area contributed by atoms with E-state index in [2.05, 4.69) is 20.3 Å². The molecule has 0 radical (unpaired) electrons. The fourth-order valence-corrected chi connectivity index (χ4v) is 5.66. The lowest BCUT2D eigenvalue weighted by atomic mass is 10.0. The van der Waals surface area contributed by atoms with Crippen LogP contribution in [-0.4, -0.2) is 82.3 Å². The number of nitrogens with one attached hydrogen (secondary N) is 1. The van der Waals surface area contributed by atoms with Gasteiger partial charge in [0.25, 0.3) is 11.8 Å². The number of ether oxygens (including phenoxy) is 3. The third-order valence-electron chi connectivity index (χ3n) is 7.06. The molecule has 2 aliphatic heterocycles. The predicted octanol–water partition coefficient (Wildman–Crippen LogP) is 4.78. The van der Waals surface area contributed by atoms with Crippen LogP contribution < -0.4 is 15.0 Å². The Morgan fingerprint density at radius 2 is 1.87 bits per heavy atom. The van der Waals surface area contributed by atoms with Gasteiger partial charge in [0.2, 0.25) is 5.82 Å². The minimum atomic E-state index is -4.69. The monoisotopic (exact) mass is 662 g/mol. The Labute approximate surface area is 266 Å². The standard InChI is InChI=1S/C30H33F3N6O6S/c1-16-10-34-26(46-16)21-8-18(25(41)37-17(2)19-11-35-27(36-12-19)30(31,32)33)9-22-24(21)44-15-23(40)39(22)14-20-13-38(6-7-43-20)28(42)45-29(3,4)5/h8-12,17,20H,6-7,13-15H2,1-5H3,(H,37,41)/t17-,20?/m1/s1. The molecule has 3 amide bonds. The van der Waals surface area contributed by atoms with Gasteiger partial charge in [0, 0.05) is 41.1 Å². The fraction of sp³-hybridized carbons (Fsp3) is 0.467. The van der Waals surface area contributed by atoms with Crippen molar-refractivity contribution < 1.29 is 41.8 Å². The summed E-state index contributed by atoms with van der Waals surface area (Å²) >= 11 is 1.38. The summed E-state index contributed by atoms with van der Waals surface area (Å²) in [5.74, 6) is -1.87. The van der Waals surface area contributed by atoms with Crippen molar-refractivity contribution in [1.29, 1.82) is 0 Å². The Morgan fingerprint density at radius 1 is 1.15 bits per heavy atom. The molecule has 12 nitrogen and oxygen atoms in total. The highest BCUT2D eigenvalue weighted by molar-refractivity contribution is 7.15. The number of aromatic nitrogens is 3. The molecule has 1 N–H and O–H groups in total. The molecule has 5 rings (SSSR count). The van der Waals surface area contributed by atoms with Gasteiger partial charge in [-0.05, 0) is 46.8 Å². The molecule has 0 saturated carbocycles. The lowest BCUT2D eigenvalue weighted by Crippen LogP contribution is -2.52. The average Bonchev–Trinajstić information content (AvgIpc) is 3.42. The second kappa shape index (κ2) is 12.8. The van der Waals surface area contributed by atoms with Crippen molar-refractivity contribution in [2.24, 2.45) is 0 Å². The van der Waals surface area contributed by atoms with Gasteiger partial charge in [0.05, 0.1) is 43.1 Å². The normalized spacial score (nSPS) is 17.7. The molecule has 1 saturated heterocycles. The van der Waals surface area contributed by atoms with Crippen LogP contribution in [0.5, 0.6) is 5.75 Å². The molecule has 2 aliphatic rings. The number of rotatable bonds is 6. The zero-order valence-electron chi connectivity index (χ0n) is 25.8. The summed E-state index contributed by atoms with van der Waals surface area (Å²) in [5, 5.41) is 3.32. The molecule has 0 spiro atoms. The second-order valence-corrected chi connectivity index (χ2v) is 13.1. The van der Waals surface area contributed by atoms with E-state index in [-0.39, 0.29) is 43.3 Å². The lowest BCUT2D eigenvalue weighted by molar-refractivity contribution is -0.145. The van der Waals surface area contributed by atoms with Crippen LogP contribution >= 0.6 is 11.3 Å². The summed E-state index contributed by atoms with van der Waals surface area (Å²) in [7, 11) is 0. The molecule has 3 aromatic rings. The zero-order chi connectivity index (χ0) is 33.4. The number of thiazole rings is 1. The topological polar surface area (TPSA) is 136 Å². The molecule has 2 atom stereocenters. The molecule has 4 heterocycles. The van der Waals surface area contributed by atoms with Crippen LogP contribution in [0, 0.1) is 6.92 Å². The van der Waals surface area contributed by atoms with Crippen LogP contribution in [0.15, 0.2) is 30.7 Å². The highest BCUT2D eigenvalue weighted by atomic mass is 32.1. The largest absolute Gasteiger partial charge is 0.481 e. The number of amides is 3. The van der Waals surface area contributed by atoms with Crippen molar-refractivity contribution in [3.63, 3.8) is 0 Å². The average molecular weight is 663 g/mol. The van der Waals surface area contributed by atoms with Crippen molar-refractivity contribution in [2.75, 3.05) is 37.7 Å². The van der Waals surface area contributed by atoms with E-state index in [1.807, 2.05) is 6.92 Å². The summed E-state index contributed by atoms with van der Waals surface area (Å²) in [6.07, 6.45) is -2.03. The predicted molar refractivity (Wildman–Crippen MR) is 161 cm³/mol. The minimum Gasteiger partial charge on any atom is -0.481 e. The van der Waals surface area contributed by atoms with Crippen molar-refractivity contribution in [3.8, 4) is 16.3 Å². The number of benzene rings is 1. The van der Waals surface area contributed by atoms with Gasteiger partial charge in [-0.3, -0.25) is 9.59 Å². The van der Waals surface area contributed by atoms with Gasteiger partial charge in [0.15, 0.2) is 12.4 Å². The lowest BCUT2D eigenvalue weighted by Gasteiger charge is -2.38. The van der Waals surface area contributed by atoms with Gasteiger partial charge in [0.1, 0.15) is 10.6 Å². The number of carbonyl (C=O) groups excluding carboxylic acids is 3. The summed E-state index contributed by atoms with van der Waals surface area (Å²) < 4.78 is 56.1. The first-order chi connectivity index (χ1) is 21.6.